The number of hydrogen-bond donors (Lipinski definition) is 0. The fourth-order valence-electron chi connectivity index (χ4n) is 6.90. The van der Waals surface area contributed by atoms with E-state index in [-0.39, 0.29) is 38.0 Å². The van der Waals surface area contributed by atoms with Crippen LogP contribution >= 0.6 is 0 Å². The molecule has 0 N–H and O–H groups in total. The van der Waals surface area contributed by atoms with Crippen LogP contribution in [0.5, 0.6) is 0 Å². The molecule has 0 rings (SSSR count). The number of rotatable bonds is 48. The Bertz CT molecular complexity index is 1640. The highest BCUT2D eigenvalue weighted by Gasteiger charge is 2.19. The monoisotopic (exact) mass is 977 g/mol. The molecule has 0 saturated heterocycles. The summed E-state index contributed by atoms with van der Waals surface area (Å²) in [5.41, 5.74) is 0. The van der Waals surface area contributed by atoms with Crippen molar-refractivity contribution in [2.24, 2.45) is 0 Å². The molecule has 0 aromatic heterocycles. The van der Waals surface area contributed by atoms with Gasteiger partial charge in [-0.3, -0.25) is 14.4 Å². The van der Waals surface area contributed by atoms with Gasteiger partial charge in [0, 0.05) is 19.3 Å². The van der Waals surface area contributed by atoms with Crippen LogP contribution in [0.2, 0.25) is 0 Å². The highest BCUT2D eigenvalue weighted by atomic mass is 16.6. The SMILES string of the molecule is CC/C=C\C/C=C\C/C=C\C/C=C\C/C=C\C/C=C\CCC(=O)OC[C@H](COC(=O)CCCCCCC/C=C\CCCCCCCC)OC(=O)CC/C=C\C/C=C\C/C=C\C/C=C\C/C=C\C/C=C\CC. The van der Waals surface area contributed by atoms with Crippen LogP contribution in [0.15, 0.2) is 158 Å². The van der Waals surface area contributed by atoms with Gasteiger partial charge in [0.15, 0.2) is 6.10 Å². The quantitative estimate of drug-likeness (QED) is 0.0262. The Morgan fingerprint density at radius 3 is 0.944 bits per heavy atom. The minimum absolute atomic E-state index is 0.143. The lowest BCUT2D eigenvalue weighted by atomic mass is 10.1. The summed E-state index contributed by atoms with van der Waals surface area (Å²) in [7, 11) is 0. The molecule has 0 heterocycles. The maximum atomic E-state index is 12.8. The predicted molar refractivity (Wildman–Crippen MR) is 306 cm³/mol. The zero-order valence-corrected chi connectivity index (χ0v) is 45.2. The second-order valence-corrected chi connectivity index (χ2v) is 17.7. The number of hydrogen-bond acceptors (Lipinski definition) is 6. The Kier molecular flexibility index (Phi) is 53.6. The molecule has 1 atom stereocenters. The molecule has 0 radical (unpaired) electrons. The third-order valence-electron chi connectivity index (χ3n) is 11.0. The summed E-state index contributed by atoms with van der Waals surface area (Å²) in [4.78, 5) is 38.1. The van der Waals surface area contributed by atoms with Crippen LogP contribution in [0.1, 0.15) is 213 Å². The Labute approximate surface area is 435 Å². The van der Waals surface area contributed by atoms with Gasteiger partial charge in [-0.25, -0.2) is 0 Å². The molecule has 6 heteroatoms. The van der Waals surface area contributed by atoms with Crippen LogP contribution in [-0.2, 0) is 28.6 Å². The van der Waals surface area contributed by atoms with Crippen molar-refractivity contribution in [2.45, 2.75) is 219 Å². The molecule has 0 fully saturated rings. The highest BCUT2D eigenvalue weighted by Crippen LogP contribution is 2.12. The van der Waals surface area contributed by atoms with Crippen molar-refractivity contribution in [2.75, 3.05) is 13.2 Å². The highest BCUT2D eigenvalue weighted by molar-refractivity contribution is 5.71. The lowest BCUT2D eigenvalue weighted by molar-refractivity contribution is -0.166. The third-order valence-corrected chi connectivity index (χ3v) is 11.0. The fourth-order valence-corrected chi connectivity index (χ4v) is 6.90. The topological polar surface area (TPSA) is 78.9 Å². The van der Waals surface area contributed by atoms with Crippen molar-refractivity contribution in [3.8, 4) is 0 Å². The summed E-state index contributed by atoms with van der Waals surface area (Å²) in [6.07, 6.45) is 84.0. The first-order chi connectivity index (χ1) is 35.0. The summed E-state index contributed by atoms with van der Waals surface area (Å²) in [6, 6.07) is 0. The zero-order valence-electron chi connectivity index (χ0n) is 45.2. The van der Waals surface area contributed by atoms with E-state index in [0.29, 0.717) is 19.3 Å². The first kappa shape index (κ1) is 66.0. The lowest BCUT2D eigenvalue weighted by Crippen LogP contribution is -2.30. The molecule has 0 aromatic carbocycles. The number of carbonyl (C=O) groups is 3. The number of allylic oxidation sites excluding steroid dienone is 26. The van der Waals surface area contributed by atoms with Crippen LogP contribution in [0.25, 0.3) is 0 Å². The Morgan fingerprint density at radius 2 is 0.577 bits per heavy atom. The smallest absolute Gasteiger partial charge is 0.306 e. The van der Waals surface area contributed by atoms with Gasteiger partial charge >= 0.3 is 17.9 Å². The van der Waals surface area contributed by atoms with Gasteiger partial charge in [-0.05, 0) is 122 Å². The van der Waals surface area contributed by atoms with Crippen LogP contribution in [0.3, 0.4) is 0 Å². The van der Waals surface area contributed by atoms with Gasteiger partial charge in [0.05, 0.1) is 0 Å². The van der Waals surface area contributed by atoms with E-state index in [1.54, 1.807) is 0 Å². The van der Waals surface area contributed by atoms with E-state index in [4.69, 9.17) is 14.2 Å². The maximum Gasteiger partial charge on any atom is 0.306 e. The van der Waals surface area contributed by atoms with E-state index < -0.39 is 12.1 Å². The summed E-state index contributed by atoms with van der Waals surface area (Å²) in [5, 5.41) is 0. The minimum atomic E-state index is -0.860. The molecule has 0 aliphatic heterocycles. The summed E-state index contributed by atoms with van der Waals surface area (Å²) >= 11 is 0. The molecule has 0 unspecified atom stereocenters. The van der Waals surface area contributed by atoms with Gasteiger partial charge < -0.3 is 14.2 Å². The number of ether oxygens (including phenoxy) is 3. The van der Waals surface area contributed by atoms with Gasteiger partial charge in [0.1, 0.15) is 13.2 Å². The van der Waals surface area contributed by atoms with Gasteiger partial charge in [-0.1, -0.05) is 230 Å². The molecule has 0 aromatic rings. The minimum Gasteiger partial charge on any atom is -0.462 e. The van der Waals surface area contributed by atoms with E-state index in [2.05, 4.69) is 154 Å². The van der Waals surface area contributed by atoms with E-state index in [1.165, 1.54) is 51.4 Å². The van der Waals surface area contributed by atoms with Crippen LogP contribution in [0, 0.1) is 0 Å². The van der Waals surface area contributed by atoms with Gasteiger partial charge in [-0.2, -0.15) is 0 Å². The number of carbonyl (C=O) groups excluding carboxylic acids is 3. The summed E-state index contributed by atoms with van der Waals surface area (Å²) in [6.45, 7) is 6.25. The lowest BCUT2D eigenvalue weighted by Gasteiger charge is -2.18. The van der Waals surface area contributed by atoms with Crippen LogP contribution in [0.4, 0.5) is 0 Å². The van der Waals surface area contributed by atoms with Crippen molar-refractivity contribution < 1.29 is 28.6 Å². The number of esters is 3. The zero-order chi connectivity index (χ0) is 51.4. The molecule has 0 bridgehead atoms. The average molecular weight is 978 g/mol. The van der Waals surface area contributed by atoms with E-state index in [1.807, 2.05) is 24.3 Å². The largest absolute Gasteiger partial charge is 0.462 e. The van der Waals surface area contributed by atoms with Gasteiger partial charge in [-0.15, -0.1) is 0 Å². The third kappa shape index (κ3) is 55.8. The fraction of sp³-hybridized carbons (Fsp3) is 0.554. The average Bonchev–Trinajstić information content (AvgIpc) is 3.37. The van der Waals surface area contributed by atoms with Crippen molar-refractivity contribution >= 4 is 17.9 Å². The van der Waals surface area contributed by atoms with Crippen molar-refractivity contribution in [3.05, 3.63) is 158 Å². The van der Waals surface area contributed by atoms with Crippen LogP contribution < -0.4 is 0 Å². The van der Waals surface area contributed by atoms with E-state index >= 15 is 0 Å². The summed E-state index contributed by atoms with van der Waals surface area (Å²) < 4.78 is 16.7. The molecule has 396 valence electrons. The summed E-state index contributed by atoms with van der Waals surface area (Å²) in [5.74, 6) is -1.13. The number of unbranched alkanes of at least 4 members (excludes halogenated alkanes) is 11. The van der Waals surface area contributed by atoms with E-state index in [9.17, 15) is 14.4 Å². The first-order valence-electron chi connectivity index (χ1n) is 28.0. The van der Waals surface area contributed by atoms with Crippen molar-refractivity contribution in [3.63, 3.8) is 0 Å². The van der Waals surface area contributed by atoms with Gasteiger partial charge in [0.2, 0.25) is 0 Å². The molecular weight excluding hydrogens is 877 g/mol. The normalized spacial score (nSPS) is 13.3. The predicted octanol–water partition coefficient (Wildman–Crippen LogP) is 19.0. The van der Waals surface area contributed by atoms with Crippen molar-refractivity contribution in [1.29, 1.82) is 0 Å². The molecular formula is C65H100O6. The van der Waals surface area contributed by atoms with E-state index in [0.717, 1.165) is 109 Å². The molecule has 71 heavy (non-hydrogen) atoms. The molecule has 0 aliphatic carbocycles. The molecule has 0 spiro atoms. The van der Waals surface area contributed by atoms with Crippen LogP contribution in [-0.4, -0.2) is 37.2 Å². The molecule has 0 aliphatic rings. The Morgan fingerprint density at radius 1 is 0.296 bits per heavy atom. The Hall–Kier alpha value is -4.97. The van der Waals surface area contributed by atoms with Gasteiger partial charge in [0.25, 0.3) is 0 Å². The second-order valence-electron chi connectivity index (χ2n) is 17.7. The van der Waals surface area contributed by atoms with Crippen molar-refractivity contribution in [1.82, 2.24) is 0 Å². The first-order valence-corrected chi connectivity index (χ1v) is 28.0. The molecule has 0 saturated carbocycles. The molecule has 0 amide bonds. The maximum absolute atomic E-state index is 12.8. The Balaban J connectivity index is 4.66. The second kappa shape index (κ2) is 57.6. The molecule has 6 nitrogen and oxygen atoms in total. The standard InChI is InChI=1S/C65H100O6/c1-4-7-10-13-16-19-22-25-28-30-32-34-37-40-43-46-49-52-55-58-64(67)70-61-62(60-69-63(66)57-54-51-48-45-42-39-36-27-24-21-18-15-12-9-6-3)71-65(68)59-56-53-50-47-44-41-38-35-33-31-29-26-23-20-17-14-11-8-5-2/h7-8,10-11,16-17,19-20,25-29,32-36,40-41,43-44,49-50,52-53,62H,4-6,9,12-15,18,21-24,30-31,37-39,42,45-48,51,54-61H2,1-3H3/b10-7-,11-8-,19-16-,20-17-,28-25-,29-26-,34-32-,35-33-,36-27-,43-40-,44-41-,52-49-,53-50-/t62-/m0/s1.